The average Bonchev–Trinajstić information content (AvgIpc) is 2.85. The second-order valence-corrected chi connectivity index (χ2v) is 3.53. The molecule has 1 aromatic heterocycles. The van der Waals surface area contributed by atoms with E-state index in [1.165, 1.54) is 10.9 Å². The number of ether oxygens (including phenoxy) is 1. The van der Waals surface area contributed by atoms with Crippen molar-refractivity contribution in [1.82, 2.24) is 20.3 Å². The zero-order valence-corrected chi connectivity index (χ0v) is 8.89. The SMILES string of the molecule is CCOC(=O)c1cn(C2CCC(F)N2)nn1. The molecule has 16 heavy (non-hydrogen) atoms. The largest absolute Gasteiger partial charge is 0.461 e. The van der Waals surface area contributed by atoms with Crippen LogP contribution in [0.15, 0.2) is 6.20 Å². The lowest BCUT2D eigenvalue weighted by Gasteiger charge is -2.08. The highest BCUT2D eigenvalue weighted by atomic mass is 19.1. The lowest BCUT2D eigenvalue weighted by molar-refractivity contribution is 0.0519. The molecule has 0 aliphatic carbocycles. The molecule has 1 aliphatic rings. The van der Waals surface area contributed by atoms with Gasteiger partial charge in [-0.1, -0.05) is 5.21 Å². The van der Waals surface area contributed by atoms with Gasteiger partial charge in [0.2, 0.25) is 0 Å². The molecule has 0 saturated carbocycles. The molecule has 1 aliphatic heterocycles. The smallest absolute Gasteiger partial charge is 0.360 e. The Morgan fingerprint density at radius 1 is 1.75 bits per heavy atom. The van der Waals surface area contributed by atoms with E-state index < -0.39 is 12.3 Å². The van der Waals surface area contributed by atoms with Crippen LogP contribution in [0.4, 0.5) is 4.39 Å². The van der Waals surface area contributed by atoms with Crippen molar-refractivity contribution in [2.45, 2.75) is 32.2 Å². The predicted octanol–water partition coefficient (Wildman–Crippen LogP) is 0.632. The fraction of sp³-hybridized carbons (Fsp3) is 0.667. The number of rotatable bonds is 3. The summed E-state index contributed by atoms with van der Waals surface area (Å²) in [6, 6.07) is 0. The van der Waals surface area contributed by atoms with Crippen LogP contribution in [0.25, 0.3) is 0 Å². The maximum absolute atomic E-state index is 12.9. The first-order valence-electron chi connectivity index (χ1n) is 5.19. The van der Waals surface area contributed by atoms with E-state index in [4.69, 9.17) is 4.74 Å². The maximum Gasteiger partial charge on any atom is 0.360 e. The highest BCUT2D eigenvalue weighted by Crippen LogP contribution is 2.20. The Morgan fingerprint density at radius 2 is 2.56 bits per heavy atom. The molecule has 2 rings (SSSR count). The molecule has 7 heteroatoms. The summed E-state index contributed by atoms with van der Waals surface area (Å²) in [7, 11) is 0. The van der Waals surface area contributed by atoms with Crippen molar-refractivity contribution in [3.8, 4) is 0 Å². The Labute approximate surface area is 91.8 Å². The van der Waals surface area contributed by atoms with Gasteiger partial charge in [-0.2, -0.15) is 0 Å². The van der Waals surface area contributed by atoms with Crippen molar-refractivity contribution < 1.29 is 13.9 Å². The van der Waals surface area contributed by atoms with Gasteiger partial charge in [0.05, 0.1) is 12.8 Å². The summed E-state index contributed by atoms with van der Waals surface area (Å²) in [5, 5.41) is 10.1. The number of hydrogen-bond donors (Lipinski definition) is 1. The van der Waals surface area contributed by atoms with Crippen LogP contribution in [-0.2, 0) is 4.74 Å². The summed E-state index contributed by atoms with van der Waals surface area (Å²) in [6.07, 6.45) is 1.30. The van der Waals surface area contributed by atoms with Gasteiger partial charge in [-0.15, -0.1) is 5.10 Å². The number of aromatic nitrogens is 3. The quantitative estimate of drug-likeness (QED) is 0.607. The summed E-state index contributed by atoms with van der Waals surface area (Å²) >= 11 is 0. The molecule has 6 nitrogen and oxygen atoms in total. The molecule has 0 bridgehead atoms. The zero-order chi connectivity index (χ0) is 11.5. The number of alkyl halides is 1. The molecular weight excluding hydrogens is 215 g/mol. The van der Waals surface area contributed by atoms with Crippen LogP contribution < -0.4 is 5.32 Å². The topological polar surface area (TPSA) is 69.0 Å². The van der Waals surface area contributed by atoms with Gasteiger partial charge >= 0.3 is 5.97 Å². The minimum atomic E-state index is -1.01. The van der Waals surface area contributed by atoms with Crippen LogP contribution in [0.3, 0.4) is 0 Å². The zero-order valence-electron chi connectivity index (χ0n) is 8.89. The summed E-state index contributed by atoms with van der Waals surface area (Å²) in [4.78, 5) is 11.3. The molecule has 0 spiro atoms. The van der Waals surface area contributed by atoms with Gasteiger partial charge in [0.25, 0.3) is 0 Å². The minimum absolute atomic E-state index is 0.144. The van der Waals surface area contributed by atoms with E-state index in [-0.39, 0.29) is 11.9 Å². The van der Waals surface area contributed by atoms with E-state index in [0.717, 1.165) is 0 Å². The average molecular weight is 228 g/mol. The second-order valence-electron chi connectivity index (χ2n) is 3.53. The molecule has 1 aromatic rings. The van der Waals surface area contributed by atoms with Gasteiger partial charge in [0.1, 0.15) is 6.17 Å². The lowest BCUT2D eigenvalue weighted by Crippen LogP contribution is -2.24. The first-order chi connectivity index (χ1) is 7.70. The van der Waals surface area contributed by atoms with Crippen molar-refractivity contribution >= 4 is 5.97 Å². The van der Waals surface area contributed by atoms with Crippen LogP contribution >= 0.6 is 0 Å². The Kier molecular flexibility index (Phi) is 3.14. The number of carbonyl (C=O) groups excluding carboxylic acids is 1. The molecule has 88 valence electrons. The molecule has 1 N–H and O–H groups in total. The molecular formula is C9H13FN4O2. The lowest BCUT2D eigenvalue weighted by atomic mass is 10.3. The van der Waals surface area contributed by atoms with Crippen LogP contribution in [0, 0.1) is 0 Å². The number of halogens is 1. The van der Waals surface area contributed by atoms with Crippen LogP contribution in [-0.4, -0.2) is 33.9 Å². The third-order valence-corrected chi connectivity index (χ3v) is 2.38. The normalized spacial score (nSPS) is 24.6. The maximum atomic E-state index is 12.9. The van der Waals surface area contributed by atoms with E-state index in [1.807, 2.05) is 0 Å². The van der Waals surface area contributed by atoms with Gasteiger partial charge in [0, 0.05) is 0 Å². The molecule has 1 saturated heterocycles. The summed E-state index contributed by atoms with van der Waals surface area (Å²) in [5.41, 5.74) is 0.144. The van der Waals surface area contributed by atoms with Crippen LogP contribution in [0.5, 0.6) is 0 Å². The minimum Gasteiger partial charge on any atom is -0.461 e. The van der Waals surface area contributed by atoms with E-state index in [2.05, 4.69) is 15.6 Å². The standard InChI is InChI=1S/C9H13FN4O2/c1-2-16-9(15)6-5-14(13-12-6)8-4-3-7(10)11-8/h5,7-8,11H,2-4H2,1H3. The number of carbonyl (C=O) groups is 1. The Hall–Kier alpha value is -1.50. The van der Waals surface area contributed by atoms with Crippen LogP contribution in [0.2, 0.25) is 0 Å². The second kappa shape index (κ2) is 4.56. The van der Waals surface area contributed by atoms with Gasteiger partial charge in [-0.25, -0.2) is 13.9 Å². The van der Waals surface area contributed by atoms with Crippen molar-refractivity contribution in [2.75, 3.05) is 6.61 Å². The molecule has 1 fully saturated rings. The monoisotopic (exact) mass is 228 g/mol. The van der Waals surface area contributed by atoms with Gasteiger partial charge in [-0.3, -0.25) is 5.32 Å². The van der Waals surface area contributed by atoms with Crippen LogP contribution in [0.1, 0.15) is 36.4 Å². The highest BCUT2D eigenvalue weighted by molar-refractivity contribution is 5.86. The Morgan fingerprint density at radius 3 is 3.19 bits per heavy atom. The van der Waals surface area contributed by atoms with E-state index >= 15 is 0 Å². The molecule has 2 atom stereocenters. The Bertz CT molecular complexity index is 381. The molecule has 0 amide bonds. The van der Waals surface area contributed by atoms with Crippen molar-refractivity contribution in [3.63, 3.8) is 0 Å². The van der Waals surface area contributed by atoms with E-state index in [9.17, 15) is 9.18 Å². The van der Waals surface area contributed by atoms with E-state index in [0.29, 0.717) is 19.4 Å². The molecule has 2 unspecified atom stereocenters. The summed E-state index contributed by atoms with van der Waals surface area (Å²) < 4.78 is 19.1. The van der Waals surface area contributed by atoms with Crippen molar-refractivity contribution in [3.05, 3.63) is 11.9 Å². The van der Waals surface area contributed by atoms with Gasteiger partial charge in [0.15, 0.2) is 12.0 Å². The van der Waals surface area contributed by atoms with Crippen molar-refractivity contribution in [2.24, 2.45) is 0 Å². The molecule has 0 radical (unpaired) electrons. The number of hydrogen-bond acceptors (Lipinski definition) is 5. The third-order valence-electron chi connectivity index (χ3n) is 2.38. The molecule has 2 heterocycles. The summed E-state index contributed by atoms with van der Waals surface area (Å²) in [5.74, 6) is -0.511. The van der Waals surface area contributed by atoms with Crippen molar-refractivity contribution in [1.29, 1.82) is 0 Å². The number of nitrogens with one attached hydrogen (secondary N) is 1. The summed E-state index contributed by atoms with van der Waals surface area (Å²) in [6.45, 7) is 2.01. The molecule has 0 aromatic carbocycles. The first kappa shape index (κ1) is 11.0. The first-order valence-corrected chi connectivity index (χ1v) is 5.19. The predicted molar refractivity (Wildman–Crippen MR) is 52.3 cm³/mol. The Balaban J connectivity index is 2.04. The van der Waals surface area contributed by atoms with Gasteiger partial charge in [-0.05, 0) is 19.8 Å². The fourth-order valence-electron chi connectivity index (χ4n) is 1.62. The van der Waals surface area contributed by atoms with Gasteiger partial charge < -0.3 is 4.74 Å². The highest BCUT2D eigenvalue weighted by Gasteiger charge is 2.26. The number of esters is 1. The number of nitrogens with zero attached hydrogens (tertiary/aromatic N) is 3. The van der Waals surface area contributed by atoms with E-state index in [1.54, 1.807) is 6.92 Å². The fourth-order valence-corrected chi connectivity index (χ4v) is 1.62. The third kappa shape index (κ3) is 2.19.